The molecule has 6 aliphatic rings. The zero-order valence-corrected chi connectivity index (χ0v) is 49.9. The maximum atomic E-state index is 13.1. The summed E-state index contributed by atoms with van der Waals surface area (Å²) in [4.78, 5) is 14.3. The lowest BCUT2D eigenvalue weighted by Gasteiger charge is -2.37. The minimum atomic E-state index is -4.81. The van der Waals surface area contributed by atoms with E-state index in [0.717, 1.165) is 129 Å². The van der Waals surface area contributed by atoms with Gasteiger partial charge in [-0.15, -0.1) is 13.2 Å². The Kier molecular flexibility index (Phi) is 20.8. The predicted octanol–water partition coefficient (Wildman–Crippen LogP) is 6.40. The van der Waals surface area contributed by atoms with E-state index >= 15 is 0 Å². The van der Waals surface area contributed by atoms with E-state index in [1.54, 1.807) is 8.61 Å². The third-order valence-electron chi connectivity index (χ3n) is 16.5. The van der Waals surface area contributed by atoms with Crippen molar-refractivity contribution in [3.63, 3.8) is 0 Å². The molecule has 3 fully saturated rings. The van der Waals surface area contributed by atoms with Crippen LogP contribution in [0.1, 0.15) is 30.5 Å². The van der Waals surface area contributed by atoms with Gasteiger partial charge in [-0.3, -0.25) is 14.7 Å². The van der Waals surface area contributed by atoms with Gasteiger partial charge in [0.2, 0.25) is 20.0 Å². The summed E-state index contributed by atoms with van der Waals surface area (Å²) in [6.07, 6.45) is -1.53. The fourth-order valence-electron chi connectivity index (χ4n) is 11.7. The predicted molar refractivity (Wildman–Crippen MR) is 317 cm³/mol. The van der Waals surface area contributed by atoms with Crippen LogP contribution in [0.25, 0.3) is 0 Å². The molecule has 24 heteroatoms. The Morgan fingerprint density at radius 3 is 1.08 bits per heavy atom. The molecule has 452 valence electrons. The fraction of sp³-hybridized carbons (Fsp3) is 0.492. The van der Waals surface area contributed by atoms with E-state index in [-0.39, 0.29) is 9.79 Å². The monoisotopic (exact) mass is 1210 g/mol. The van der Waals surface area contributed by atoms with Gasteiger partial charge in [-0.1, -0.05) is 68.4 Å². The Morgan fingerprint density at radius 1 is 0.422 bits per heavy atom. The highest BCUT2D eigenvalue weighted by atomic mass is 32.2. The van der Waals surface area contributed by atoms with Crippen molar-refractivity contribution in [2.24, 2.45) is 0 Å². The number of alkyl halides is 3. The normalized spacial score (nSPS) is 18.8. The average Bonchev–Trinajstić information content (AvgIpc) is 4.30. The Labute approximate surface area is 488 Å². The van der Waals surface area contributed by atoms with Crippen LogP contribution >= 0.6 is 0 Å². The number of hydrogen-bond donors (Lipinski definition) is 0. The van der Waals surface area contributed by atoms with E-state index < -0.39 is 48.2 Å². The minimum absolute atomic E-state index is 0.0378. The van der Waals surface area contributed by atoms with Gasteiger partial charge in [0.1, 0.15) is 11.6 Å². The number of nitrogens with zero attached hydrogens (tertiary/aromatic N) is 10. The Morgan fingerprint density at radius 2 is 0.747 bits per heavy atom. The smallest absolute Gasteiger partial charge is 0.406 e. The SMILES string of the molecule is CCN(CC)S(=O)(=O)N1CCN(CCN2CCc3ccccc32)CC1.O=S(=O)(c1ccc(F)cc1)N1CCN(CCN2CCc3ccccc32)CC1.O=S(=O)(c1ccc(OC(F)(F)F)cc1)N1CCN(CCN2CCc3ccccc32)CC1. The molecule has 0 N–H and O–H groups in total. The Balaban J connectivity index is 0.000000151. The lowest BCUT2D eigenvalue weighted by Crippen LogP contribution is -2.53. The largest absolute Gasteiger partial charge is 0.573 e. The molecule has 5 aromatic carbocycles. The molecule has 17 nitrogen and oxygen atoms in total. The van der Waals surface area contributed by atoms with Crippen molar-refractivity contribution in [3.8, 4) is 5.75 Å². The van der Waals surface area contributed by atoms with Crippen LogP contribution in [0.2, 0.25) is 0 Å². The first-order chi connectivity index (χ1) is 39.8. The minimum Gasteiger partial charge on any atom is -0.406 e. The zero-order valence-electron chi connectivity index (χ0n) is 47.5. The molecule has 3 saturated heterocycles. The number of ether oxygens (including phenoxy) is 1. The highest BCUT2D eigenvalue weighted by Gasteiger charge is 2.35. The van der Waals surface area contributed by atoms with Crippen LogP contribution < -0.4 is 19.4 Å². The summed E-state index contributed by atoms with van der Waals surface area (Å²) in [6.45, 7) is 20.8. The lowest BCUT2D eigenvalue weighted by molar-refractivity contribution is -0.274. The van der Waals surface area contributed by atoms with Crippen molar-refractivity contribution < 1.29 is 47.6 Å². The van der Waals surface area contributed by atoms with Gasteiger partial charge in [-0.05, 0) is 103 Å². The highest BCUT2D eigenvalue weighted by Crippen LogP contribution is 2.31. The molecule has 0 saturated carbocycles. The first-order valence-corrected chi connectivity index (χ1v) is 33.1. The van der Waals surface area contributed by atoms with E-state index in [0.29, 0.717) is 65.4 Å². The maximum Gasteiger partial charge on any atom is 0.573 e. The van der Waals surface area contributed by atoms with Gasteiger partial charge in [-0.25, -0.2) is 21.2 Å². The van der Waals surface area contributed by atoms with E-state index in [1.165, 1.54) is 66.6 Å². The van der Waals surface area contributed by atoms with Crippen molar-refractivity contribution in [1.82, 2.24) is 31.9 Å². The Hall–Kier alpha value is -5.41. The number of halogens is 4. The van der Waals surface area contributed by atoms with Crippen LogP contribution in [-0.4, -0.2) is 214 Å². The first kappa shape index (κ1) is 62.1. The van der Waals surface area contributed by atoms with Crippen LogP contribution in [0, 0.1) is 5.82 Å². The topological polar surface area (TPSA) is 144 Å². The third-order valence-corrected chi connectivity index (χ3v) is 22.5. The molecule has 5 aromatic rings. The molecular formula is C59H78F4N10O7S3. The summed E-state index contributed by atoms with van der Waals surface area (Å²) in [5.74, 6) is -0.873. The Bertz CT molecular complexity index is 3250. The molecule has 0 aliphatic carbocycles. The van der Waals surface area contributed by atoms with Crippen molar-refractivity contribution in [2.75, 3.05) is 165 Å². The number of benzene rings is 5. The average molecular weight is 1210 g/mol. The van der Waals surface area contributed by atoms with Crippen molar-refractivity contribution in [1.29, 1.82) is 0 Å². The number of anilines is 3. The molecule has 0 atom stereocenters. The van der Waals surface area contributed by atoms with Gasteiger partial charge >= 0.3 is 6.36 Å². The van der Waals surface area contributed by atoms with Crippen LogP contribution in [0.4, 0.5) is 34.6 Å². The zero-order chi connectivity index (χ0) is 58.8. The molecule has 0 spiro atoms. The number of rotatable bonds is 18. The molecule has 0 bridgehead atoms. The van der Waals surface area contributed by atoms with Gasteiger partial charge in [0.25, 0.3) is 10.2 Å². The molecular weight excluding hydrogens is 1130 g/mol. The quantitative estimate of drug-likeness (QED) is 0.0894. The lowest BCUT2D eigenvalue weighted by atomic mass is 10.2. The standard InChI is InChI=1S/C21H24F3N3O3S.C20H24FN3O2S.C18H30N4O2S/c22-21(23,24)30-18-5-7-19(8-6-18)31(28,29)27-15-12-25(13-16-27)11-14-26-10-9-17-3-1-2-4-20(17)26;21-18-5-7-19(8-6-18)27(25,26)24-15-12-22(13-16-24)11-14-23-10-9-17-3-1-2-4-20(17)23;1-3-21(4-2)25(23,24)22-15-12-19(13-16-22)11-14-20-10-9-17-7-5-6-8-18(17)20/h1-8H,9-16H2;1-8H,9-16H2;5-8H,3-4,9-16H2,1-2H3. The van der Waals surface area contributed by atoms with Crippen LogP contribution in [0.3, 0.4) is 0 Å². The van der Waals surface area contributed by atoms with Gasteiger partial charge in [0, 0.05) is 168 Å². The van der Waals surface area contributed by atoms with Gasteiger partial charge in [0.15, 0.2) is 0 Å². The van der Waals surface area contributed by atoms with Crippen molar-refractivity contribution >= 4 is 47.3 Å². The van der Waals surface area contributed by atoms with Crippen molar-refractivity contribution in [3.05, 3.63) is 144 Å². The summed E-state index contributed by atoms with van der Waals surface area (Å²) in [5, 5.41) is 0. The molecule has 83 heavy (non-hydrogen) atoms. The summed E-state index contributed by atoms with van der Waals surface area (Å²) >= 11 is 0. The van der Waals surface area contributed by atoms with E-state index in [1.807, 2.05) is 19.9 Å². The number of hydrogen-bond acceptors (Lipinski definition) is 13. The molecule has 0 aromatic heterocycles. The number of piperazine rings is 3. The number of sulfonamides is 2. The second kappa shape index (κ2) is 27.7. The fourth-order valence-corrected chi connectivity index (χ4v) is 16.2. The van der Waals surface area contributed by atoms with E-state index in [9.17, 15) is 42.8 Å². The number of para-hydroxylation sites is 3. The molecule has 0 amide bonds. The number of fused-ring (bicyclic) bond motifs is 3. The summed E-state index contributed by atoms with van der Waals surface area (Å²) in [6, 6.07) is 34.9. The molecule has 0 radical (unpaired) electrons. The third kappa shape index (κ3) is 15.7. The molecule has 6 aliphatic heterocycles. The van der Waals surface area contributed by atoms with Crippen LogP contribution in [-0.2, 0) is 49.5 Å². The summed E-state index contributed by atoms with van der Waals surface area (Å²) in [7, 11) is -10.6. The molecule has 11 rings (SSSR count). The van der Waals surface area contributed by atoms with E-state index in [2.05, 4.69) is 101 Å². The highest BCUT2D eigenvalue weighted by molar-refractivity contribution is 7.89. The van der Waals surface area contributed by atoms with Crippen LogP contribution in [0.5, 0.6) is 5.75 Å². The molecule has 0 unspecified atom stereocenters. The summed E-state index contributed by atoms with van der Waals surface area (Å²) in [5.41, 5.74) is 8.19. The molecule has 6 heterocycles. The van der Waals surface area contributed by atoms with Gasteiger partial charge in [0.05, 0.1) is 9.79 Å². The second-order valence-corrected chi connectivity index (χ2v) is 27.2. The summed E-state index contributed by atoms with van der Waals surface area (Å²) < 4.78 is 136. The van der Waals surface area contributed by atoms with Gasteiger partial charge < -0.3 is 19.4 Å². The first-order valence-electron chi connectivity index (χ1n) is 28.8. The maximum absolute atomic E-state index is 13.1. The van der Waals surface area contributed by atoms with E-state index in [4.69, 9.17) is 0 Å². The second-order valence-electron chi connectivity index (χ2n) is 21.4. The van der Waals surface area contributed by atoms with Gasteiger partial charge in [-0.2, -0.15) is 25.6 Å². The van der Waals surface area contributed by atoms with Crippen LogP contribution in [0.15, 0.2) is 131 Å². The van der Waals surface area contributed by atoms with Crippen molar-refractivity contribution in [2.45, 2.75) is 49.3 Å².